The maximum Gasteiger partial charge on any atom is 0.338 e. The minimum atomic E-state index is -0.444. The first-order chi connectivity index (χ1) is 11.6. The van der Waals surface area contributed by atoms with Crippen molar-refractivity contribution >= 4 is 5.97 Å². The highest BCUT2D eigenvalue weighted by atomic mass is 19.1. The van der Waals surface area contributed by atoms with Crippen LogP contribution < -0.4 is 4.74 Å². The number of carbonyl (C=O) groups excluding carboxylic acids is 1. The van der Waals surface area contributed by atoms with Gasteiger partial charge in [-0.25, -0.2) is 9.18 Å². The number of ether oxygens (including phenoxy) is 2. The largest absolute Gasteiger partial charge is 0.489 e. The number of hydrogen-bond acceptors (Lipinski definition) is 4. The Labute approximate surface area is 143 Å². The third kappa shape index (κ3) is 3.72. The number of rotatable bonds is 7. The summed E-state index contributed by atoms with van der Waals surface area (Å²) in [4.78, 5) is 14.5. The van der Waals surface area contributed by atoms with Crippen molar-refractivity contribution in [1.29, 1.82) is 0 Å². The Bertz CT molecular complexity index is 572. The normalized spacial score (nSPS) is 16.9. The standard InChI is InChI=1S/C19H28FNO3/c1-5-10-21(13(6-2)7-3)14-11-16-15(19(22)23-4)8-9-17(20)18(16)24-12-14/h8-9,13-14H,5-7,10-12H2,1-4H3. The van der Waals surface area contributed by atoms with E-state index in [9.17, 15) is 9.18 Å². The Morgan fingerprint density at radius 1 is 1.38 bits per heavy atom. The number of benzene rings is 1. The Morgan fingerprint density at radius 2 is 2.08 bits per heavy atom. The molecule has 0 aliphatic carbocycles. The van der Waals surface area contributed by atoms with Crippen molar-refractivity contribution in [1.82, 2.24) is 4.90 Å². The van der Waals surface area contributed by atoms with Crippen LogP contribution in [0.3, 0.4) is 0 Å². The van der Waals surface area contributed by atoms with Gasteiger partial charge in [-0.3, -0.25) is 4.90 Å². The molecule has 1 atom stereocenters. The van der Waals surface area contributed by atoms with Crippen molar-refractivity contribution in [3.63, 3.8) is 0 Å². The Hall–Kier alpha value is -1.62. The maximum absolute atomic E-state index is 14.1. The van der Waals surface area contributed by atoms with Crippen LogP contribution in [0.2, 0.25) is 0 Å². The molecule has 1 aliphatic heterocycles. The van der Waals surface area contributed by atoms with Gasteiger partial charge in [0.25, 0.3) is 0 Å². The van der Waals surface area contributed by atoms with Crippen molar-refractivity contribution in [3.05, 3.63) is 29.1 Å². The van der Waals surface area contributed by atoms with Crippen LogP contribution in [-0.2, 0) is 11.2 Å². The molecule has 134 valence electrons. The van der Waals surface area contributed by atoms with Gasteiger partial charge in [0.1, 0.15) is 6.61 Å². The SMILES string of the molecule is CCCN(C(CC)CC)C1COc2c(F)ccc(C(=O)OC)c2C1. The van der Waals surface area contributed by atoms with E-state index in [1.54, 1.807) is 0 Å². The van der Waals surface area contributed by atoms with Crippen molar-refractivity contribution in [2.75, 3.05) is 20.3 Å². The zero-order valence-electron chi connectivity index (χ0n) is 15.1. The highest BCUT2D eigenvalue weighted by Crippen LogP contribution is 2.33. The van der Waals surface area contributed by atoms with E-state index in [0.29, 0.717) is 30.2 Å². The summed E-state index contributed by atoms with van der Waals surface area (Å²) in [6, 6.07) is 3.38. The first kappa shape index (κ1) is 18.7. The molecule has 0 saturated carbocycles. The van der Waals surface area contributed by atoms with Gasteiger partial charge in [-0.2, -0.15) is 0 Å². The van der Waals surface area contributed by atoms with E-state index < -0.39 is 11.8 Å². The van der Waals surface area contributed by atoms with E-state index in [1.165, 1.54) is 19.2 Å². The smallest absolute Gasteiger partial charge is 0.338 e. The lowest BCUT2D eigenvalue weighted by atomic mass is 9.94. The topological polar surface area (TPSA) is 38.8 Å². The van der Waals surface area contributed by atoms with Crippen LogP contribution >= 0.6 is 0 Å². The highest BCUT2D eigenvalue weighted by molar-refractivity contribution is 5.92. The molecule has 24 heavy (non-hydrogen) atoms. The fraction of sp³-hybridized carbons (Fsp3) is 0.632. The van der Waals surface area contributed by atoms with Gasteiger partial charge in [-0.15, -0.1) is 0 Å². The second-order valence-corrected chi connectivity index (χ2v) is 6.27. The molecule has 4 nitrogen and oxygen atoms in total. The van der Waals surface area contributed by atoms with Crippen LogP contribution in [0.4, 0.5) is 4.39 Å². The van der Waals surface area contributed by atoms with E-state index in [2.05, 4.69) is 25.7 Å². The lowest BCUT2D eigenvalue weighted by Crippen LogP contribution is -2.49. The first-order valence-corrected chi connectivity index (χ1v) is 8.85. The second-order valence-electron chi connectivity index (χ2n) is 6.27. The van der Waals surface area contributed by atoms with Crippen molar-refractivity contribution in [3.8, 4) is 5.75 Å². The summed E-state index contributed by atoms with van der Waals surface area (Å²) < 4.78 is 24.7. The molecule has 2 rings (SSSR count). The van der Waals surface area contributed by atoms with Crippen LogP contribution in [0.15, 0.2) is 12.1 Å². The number of halogens is 1. The molecule has 0 fully saturated rings. The Balaban J connectivity index is 2.35. The van der Waals surface area contributed by atoms with Gasteiger partial charge in [-0.05, 0) is 44.4 Å². The molecule has 0 radical (unpaired) electrons. The van der Waals surface area contributed by atoms with Crippen molar-refractivity contribution in [2.24, 2.45) is 0 Å². The molecule has 1 heterocycles. The third-order valence-electron chi connectivity index (χ3n) is 4.84. The Kier molecular flexibility index (Phi) is 6.60. The van der Waals surface area contributed by atoms with E-state index in [-0.39, 0.29) is 11.8 Å². The molecule has 5 heteroatoms. The van der Waals surface area contributed by atoms with E-state index in [4.69, 9.17) is 9.47 Å². The van der Waals surface area contributed by atoms with E-state index in [1.807, 2.05) is 0 Å². The number of nitrogens with zero attached hydrogens (tertiary/aromatic N) is 1. The number of methoxy groups -OCH3 is 1. The number of fused-ring (bicyclic) bond motifs is 1. The number of hydrogen-bond donors (Lipinski definition) is 0. The number of carbonyl (C=O) groups is 1. The summed E-state index contributed by atoms with van der Waals surface area (Å²) in [5, 5.41) is 0. The second kappa shape index (κ2) is 8.47. The summed E-state index contributed by atoms with van der Waals surface area (Å²) >= 11 is 0. The van der Waals surface area contributed by atoms with Gasteiger partial charge in [0, 0.05) is 17.6 Å². The van der Waals surface area contributed by atoms with E-state index >= 15 is 0 Å². The molecule has 1 aromatic carbocycles. The molecule has 1 aromatic rings. The predicted molar refractivity (Wildman–Crippen MR) is 92.1 cm³/mol. The van der Waals surface area contributed by atoms with Crippen LogP contribution in [0.5, 0.6) is 5.75 Å². The van der Waals surface area contributed by atoms with Gasteiger partial charge in [0.15, 0.2) is 11.6 Å². The fourth-order valence-corrected chi connectivity index (χ4v) is 3.63. The van der Waals surface area contributed by atoms with Gasteiger partial charge < -0.3 is 9.47 Å². The summed E-state index contributed by atoms with van der Waals surface area (Å²) in [6.45, 7) is 7.96. The molecule has 0 bridgehead atoms. The maximum atomic E-state index is 14.1. The third-order valence-corrected chi connectivity index (χ3v) is 4.84. The molecule has 0 N–H and O–H groups in total. The average molecular weight is 337 g/mol. The lowest BCUT2D eigenvalue weighted by Gasteiger charge is -2.40. The fourth-order valence-electron chi connectivity index (χ4n) is 3.63. The van der Waals surface area contributed by atoms with E-state index in [0.717, 1.165) is 25.8 Å². The first-order valence-electron chi connectivity index (χ1n) is 8.85. The molecule has 1 unspecified atom stereocenters. The van der Waals surface area contributed by atoms with Gasteiger partial charge >= 0.3 is 5.97 Å². The summed E-state index contributed by atoms with van der Waals surface area (Å²) in [6.07, 6.45) is 3.78. The van der Waals surface area contributed by atoms with Gasteiger partial charge in [0.05, 0.1) is 12.7 Å². The molecular formula is C19H28FNO3. The highest BCUT2D eigenvalue weighted by Gasteiger charge is 2.32. The molecule has 1 aliphatic rings. The monoisotopic (exact) mass is 337 g/mol. The molecule has 0 spiro atoms. The van der Waals surface area contributed by atoms with Crippen LogP contribution in [0.25, 0.3) is 0 Å². The van der Waals surface area contributed by atoms with Crippen molar-refractivity contribution < 1.29 is 18.7 Å². The average Bonchev–Trinajstić information content (AvgIpc) is 2.61. The molecule has 0 aromatic heterocycles. The molecule has 0 saturated heterocycles. The minimum Gasteiger partial charge on any atom is -0.489 e. The quantitative estimate of drug-likeness (QED) is 0.709. The molecular weight excluding hydrogens is 309 g/mol. The lowest BCUT2D eigenvalue weighted by molar-refractivity contribution is 0.0582. The summed E-state index contributed by atoms with van der Waals surface area (Å²) in [5.41, 5.74) is 1.03. The zero-order valence-corrected chi connectivity index (χ0v) is 15.1. The van der Waals surface area contributed by atoms with Gasteiger partial charge in [-0.1, -0.05) is 20.8 Å². The van der Waals surface area contributed by atoms with Crippen molar-refractivity contribution in [2.45, 2.75) is 58.5 Å². The minimum absolute atomic E-state index is 0.146. The van der Waals surface area contributed by atoms with Crippen LogP contribution in [0.1, 0.15) is 56.0 Å². The summed E-state index contributed by atoms with van der Waals surface area (Å²) in [5.74, 6) is -0.657. The Morgan fingerprint density at radius 3 is 2.67 bits per heavy atom. The summed E-state index contributed by atoms with van der Waals surface area (Å²) in [7, 11) is 1.34. The van der Waals surface area contributed by atoms with Crippen LogP contribution in [-0.4, -0.2) is 43.2 Å². The number of esters is 1. The van der Waals surface area contributed by atoms with Gasteiger partial charge in [0.2, 0.25) is 0 Å². The predicted octanol–water partition coefficient (Wildman–Crippen LogP) is 3.82. The zero-order chi connectivity index (χ0) is 17.7. The van der Waals surface area contributed by atoms with Crippen LogP contribution in [0, 0.1) is 5.82 Å². The molecule has 0 amide bonds.